The summed E-state index contributed by atoms with van der Waals surface area (Å²) >= 11 is 0. The van der Waals surface area contributed by atoms with Crippen molar-refractivity contribution in [1.82, 2.24) is 14.8 Å². The number of hydrogen-bond acceptors (Lipinski definition) is 2. The Bertz CT molecular complexity index is 1010. The normalized spacial score (nSPS) is 12.9. The SMILES string of the molecule is CN(C)C(CNC(=O)Nc1cccc(C(F)(F)F)c1)c1cn(C)c2ccccc12. The van der Waals surface area contributed by atoms with Gasteiger partial charge < -0.3 is 20.1 Å². The molecule has 0 radical (unpaired) electrons. The number of carbonyl (C=O) groups is 1. The maximum atomic E-state index is 12.8. The van der Waals surface area contributed by atoms with E-state index in [1.165, 1.54) is 12.1 Å². The van der Waals surface area contributed by atoms with E-state index in [9.17, 15) is 18.0 Å². The summed E-state index contributed by atoms with van der Waals surface area (Å²) in [6, 6.07) is 11.9. The Labute approximate surface area is 167 Å². The molecule has 0 saturated heterocycles. The number of nitrogens with one attached hydrogen (secondary N) is 2. The molecule has 8 heteroatoms. The van der Waals surface area contributed by atoms with E-state index in [2.05, 4.69) is 10.6 Å². The number of urea groups is 1. The highest BCUT2D eigenvalue weighted by Crippen LogP contribution is 2.31. The van der Waals surface area contributed by atoms with Crippen LogP contribution < -0.4 is 10.6 Å². The second-order valence-corrected chi connectivity index (χ2v) is 7.11. The van der Waals surface area contributed by atoms with Crippen LogP contribution in [0.5, 0.6) is 0 Å². The fourth-order valence-electron chi connectivity index (χ4n) is 3.35. The van der Waals surface area contributed by atoms with Gasteiger partial charge in [0.05, 0.1) is 11.6 Å². The molecule has 1 heterocycles. The summed E-state index contributed by atoms with van der Waals surface area (Å²) in [5, 5.41) is 6.32. The highest BCUT2D eigenvalue weighted by Gasteiger charge is 2.30. The van der Waals surface area contributed by atoms with E-state index in [0.29, 0.717) is 6.54 Å². The van der Waals surface area contributed by atoms with Gasteiger partial charge in [0.2, 0.25) is 0 Å². The summed E-state index contributed by atoms with van der Waals surface area (Å²) in [5.74, 6) is 0. The van der Waals surface area contributed by atoms with Crippen LogP contribution in [0.2, 0.25) is 0 Å². The van der Waals surface area contributed by atoms with Crippen LogP contribution in [0.4, 0.5) is 23.7 Å². The number of nitrogens with zero attached hydrogens (tertiary/aromatic N) is 2. The van der Waals surface area contributed by atoms with Crippen LogP contribution in [0.15, 0.2) is 54.7 Å². The Morgan fingerprint density at radius 1 is 1.14 bits per heavy atom. The van der Waals surface area contributed by atoms with Gasteiger partial charge >= 0.3 is 12.2 Å². The van der Waals surface area contributed by atoms with Crippen molar-refractivity contribution in [2.75, 3.05) is 26.0 Å². The number of aromatic nitrogens is 1. The molecule has 0 aliphatic carbocycles. The van der Waals surface area contributed by atoms with Crippen LogP contribution in [0.3, 0.4) is 0 Å². The van der Waals surface area contributed by atoms with Crippen molar-refractivity contribution in [3.05, 3.63) is 65.9 Å². The van der Waals surface area contributed by atoms with Gasteiger partial charge in [-0.2, -0.15) is 13.2 Å². The van der Waals surface area contributed by atoms with Crippen LogP contribution in [0, 0.1) is 0 Å². The average molecular weight is 404 g/mol. The number of anilines is 1. The molecule has 2 amide bonds. The van der Waals surface area contributed by atoms with Gasteiger partial charge in [-0.05, 0) is 43.9 Å². The molecule has 3 aromatic rings. The molecule has 1 aromatic heterocycles. The number of hydrogen-bond donors (Lipinski definition) is 2. The van der Waals surface area contributed by atoms with Crippen molar-refractivity contribution in [2.45, 2.75) is 12.2 Å². The molecule has 2 N–H and O–H groups in total. The van der Waals surface area contributed by atoms with E-state index in [4.69, 9.17) is 0 Å². The zero-order valence-corrected chi connectivity index (χ0v) is 16.4. The van der Waals surface area contributed by atoms with Gasteiger partial charge in [0.1, 0.15) is 0 Å². The summed E-state index contributed by atoms with van der Waals surface area (Å²) in [7, 11) is 5.80. The molecule has 0 fully saturated rings. The maximum Gasteiger partial charge on any atom is 0.416 e. The molecular formula is C21H23F3N4O. The Kier molecular flexibility index (Phi) is 5.83. The van der Waals surface area contributed by atoms with Gasteiger partial charge in [-0.1, -0.05) is 24.3 Å². The Morgan fingerprint density at radius 2 is 1.86 bits per heavy atom. The van der Waals surface area contributed by atoms with E-state index >= 15 is 0 Å². The Morgan fingerprint density at radius 3 is 2.55 bits per heavy atom. The number of aryl methyl sites for hydroxylation is 1. The Hall–Kier alpha value is -3.00. The standard InChI is InChI=1S/C21H23F3N4O/c1-27(2)19(17-13-28(3)18-10-5-4-9-16(17)18)12-25-20(29)26-15-8-6-7-14(11-15)21(22,23)24/h4-11,13,19H,12H2,1-3H3,(H2,25,26,29). The third-order valence-corrected chi connectivity index (χ3v) is 4.81. The summed E-state index contributed by atoms with van der Waals surface area (Å²) < 4.78 is 40.5. The van der Waals surface area contributed by atoms with Gasteiger partial charge in [-0.25, -0.2) is 4.79 Å². The van der Waals surface area contributed by atoms with Crippen molar-refractivity contribution in [2.24, 2.45) is 7.05 Å². The highest BCUT2D eigenvalue weighted by molar-refractivity contribution is 5.89. The van der Waals surface area contributed by atoms with Crippen molar-refractivity contribution in [1.29, 1.82) is 0 Å². The fourth-order valence-corrected chi connectivity index (χ4v) is 3.35. The summed E-state index contributed by atoms with van der Waals surface area (Å²) in [6.45, 7) is 0.297. The van der Waals surface area contributed by atoms with Crippen LogP contribution >= 0.6 is 0 Å². The number of halogens is 3. The zero-order valence-electron chi connectivity index (χ0n) is 16.4. The van der Waals surface area contributed by atoms with Crippen LogP contribution in [0.1, 0.15) is 17.2 Å². The molecule has 0 aliphatic rings. The van der Waals surface area contributed by atoms with E-state index in [0.717, 1.165) is 28.6 Å². The number of amides is 2. The minimum Gasteiger partial charge on any atom is -0.350 e. The first kappa shape index (κ1) is 20.7. The van der Waals surface area contributed by atoms with E-state index in [1.807, 2.05) is 61.1 Å². The van der Waals surface area contributed by atoms with E-state index in [-0.39, 0.29) is 11.7 Å². The number of likely N-dealkylation sites (N-methyl/N-ethyl adjacent to an activating group) is 1. The number of para-hydroxylation sites is 1. The van der Waals surface area contributed by atoms with Gasteiger partial charge in [0.15, 0.2) is 0 Å². The van der Waals surface area contributed by atoms with Crippen molar-refractivity contribution in [3.63, 3.8) is 0 Å². The molecule has 5 nitrogen and oxygen atoms in total. The molecule has 0 spiro atoms. The number of fused-ring (bicyclic) bond motifs is 1. The lowest BCUT2D eigenvalue weighted by Crippen LogP contribution is -2.36. The summed E-state index contributed by atoms with van der Waals surface area (Å²) in [6.07, 6.45) is -2.43. The average Bonchev–Trinajstić information content (AvgIpc) is 2.98. The molecule has 29 heavy (non-hydrogen) atoms. The molecule has 0 saturated carbocycles. The van der Waals surface area contributed by atoms with Gasteiger partial charge in [-0.15, -0.1) is 0 Å². The lowest BCUT2D eigenvalue weighted by molar-refractivity contribution is -0.137. The van der Waals surface area contributed by atoms with Gasteiger partial charge in [0, 0.05) is 36.4 Å². The maximum absolute atomic E-state index is 12.8. The molecule has 2 aromatic carbocycles. The lowest BCUT2D eigenvalue weighted by atomic mass is 10.0. The first-order valence-corrected chi connectivity index (χ1v) is 9.09. The van der Waals surface area contributed by atoms with Gasteiger partial charge in [0.25, 0.3) is 0 Å². The minimum atomic E-state index is -4.46. The van der Waals surface area contributed by atoms with Crippen LogP contribution in [0.25, 0.3) is 10.9 Å². The van der Waals surface area contributed by atoms with E-state index < -0.39 is 17.8 Å². The predicted octanol–water partition coefficient (Wildman–Crippen LogP) is 4.62. The highest BCUT2D eigenvalue weighted by atomic mass is 19.4. The summed E-state index contributed by atoms with van der Waals surface area (Å²) in [5.41, 5.74) is 1.43. The smallest absolute Gasteiger partial charge is 0.350 e. The molecular weight excluding hydrogens is 381 g/mol. The summed E-state index contributed by atoms with van der Waals surface area (Å²) in [4.78, 5) is 14.3. The monoisotopic (exact) mass is 404 g/mol. The molecule has 0 aliphatic heterocycles. The van der Waals surface area contributed by atoms with Crippen molar-refractivity contribution < 1.29 is 18.0 Å². The number of rotatable bonds is 5. The topological polar surface area (TPSA) is 49.3 Å². The first-order valence-electron chi connectivity index (χ1n) is 9.09. The predicted molar refractivity (Wildman–Crippen MR) is 108 cm³/mol. The molecule has 3 rings (SSSR count). The van der Waals surface area contributed by atoms with Crippen molar-refractivity contribution in [3.8, 4) is 0 Å². The van der Waals surface area contributed by atoms with E-state index in [1.54, 1.807) is 0 Å². The largest absolute Gasteiger partial charge is 0.416 e. The second kappa shape index (κ2) is 8.16. The zero-order chi connectivity index (χ0) is 21.2. The quantitative estimate of drug-likeness (QED) is 0.652. The van der Waals surface area contributed by atoms with Crippen molar-refractivity contribution >= 4 is 22.6 Å². The first-order chi connectivity index (χ1) is 13.7. The second-order valence-electron chi connectivity index (χ2n) is 7.11. The third-order valence-electron chi connectivity index (χ3n) is 4.81. The molecule has 0 bridgehead atoms. The van der Waals surface area contributed by atoms with Crippen LogP contribution in [-0.2, 0) is 13.2 Å². The molecule has 154 valence electrons. The minimum absolute atomic E-state index is 0.0869. The molecule has 1 atom stereocenters. The molecule has 1 unspecified atom stereocenters. The fraction of sp³-hybridized carbons (Fsp3) is 0.286. The number of alkyl halides is 3. The van der Waals surface area contributed by atoms with Gasteiger partial charge in [-0.3, -0.25) is 0 Å². The third kappa shape index (κ3) is 4.71. The van der Waals surface area contributed by atoms with Crippen LogP contribution in [-0.4, -0.2) is 36.1 Å². The number of benzene rings is 2. The number of carbonyl (C=O) groups excluding carboxylic acids is 1. The lowest BCUT2D eigenvalue weighted by Gasteiger charge is -2.24. The Balaban J connectivity index is 1.72.